The number of aromatic nitrogens is 1. The van der Waals surface area contributed by atoms with Crippen LogP contribution in [0, 0.1) is 0 Å². The Hall–Kier alpha value is -1.29. The summed E-state index contributed by atoms with van der Waals surface area (Å²) >= 11 is 5.64. The standard InChI is InChI=1S/C9H8ClNO3/c10-6-4-5(9(13)14)7-2-1-3-11(7)8(6)12/h4H,1-3H2,(H,13,14). The number of nitrogens with zero attached hydrogens (tertiary/aromatic N) is 1. The van der Waals surface area contributed by atoms with Gasteiger partial charge in [-0.25, -0.2) is 4.79 Å². The van der Waals surface area contributed by atoms with Crippen molar-refractivity contribution >= 4 is 17.6 Å². The molecule has 0 radical (unpaired) electrons. The predicted octanol–water partition coefficient (Wildman–Crippen LogP) is 1.15. The highest BCUT2D eigenvalue weighted by atomic mass is 35.5. The van der Waals surface area contributed by atoms with Gasteiger partial charge in [0.25, 0.3) is 5.56 Å². The zero-order chi connectivity index (χ0) is 10.3. The number of hydrogen-bond donors (Lipinski definition) is 1. The molecule has 4 nitrogen and oxygen atoms in total. The minimum Gasteiger partial charge on any atom is -0.478 e. The van der Waals surface area contributed by atoms with E-state index in [1.54, 1.807) is 0 Å². The molecule has 5 heteroatoms. The van der Waals surface area contributed by atoms with Crippen LogP contribution in [-0.4, -0.2) is 15.6 Å². The van der Waals surface area contributed by atoms with Crippen LogP contribution in [0.15, 0.2) is 10.9 Å². The molecule has 0 amide bonds. The lowest BCUT2D eigenvalue weighted by molar-refractivity contribution is 0.0695. The van der Waals surface area contributed by atoms with Gasteiger partial charge in [0.2, 0.25) is 0 Å². The van der Waals surface area contributed by atoms with E-state index in [0.29, 0.717) is 18.7 Å². The Morgan fingerprint density at radius 1 is 1.57 bits per heavy atom. The van der Waals surface area contributed by atoms with E-state index in [1.165, 1.54) is 10.6 Å². The second-order valence-electron chi connectivity index (χ2n) is 3.22. The molecule has 0 unspecified atom stereocenters. The quantitative estimate of drug-likeness (QED) is 0.761. The molecular weight excluding hydrogens is 206 g/mol. The molecule has 14 heavy (non-hydrogen) atoms. The first-order valence-electron chi connectivity index (χ1n) is 4.27. The second kappa shape index (κ2) is 3.13. The molecule has 1 aliphatic rings. The average molecular weight is 214 g/mol. The van der Waals surface area contributed by atoms with Crippen LogP contribution in [0.2, 0.25) is 5.02 Å². The summed E-state index contributed by atoms with van der Waals surface area (Å²) in [6.45, 7) is 0.564. The molecule has 1 aromatic heterocycles. The van der Waals surface area contributed by atoms with Crippen molar-refractivity contribution in [3.05, 3.63) is 32.7 Å². The summed E-state index contributed by atoms with van der Waals surface area (Å²) in [5.41, 5.74) is 0.447. The summed E-state index contributed by atoms with van der Waals surface area (Å²) in [6, 6.07) is 1.24. The first kappa shape index (κ1) is 9.27. The minimum absolute atomic E-state index is 0.0203. The van der Waals surface area contributed by atoms with E-state index in [2.05, 4.69) is 0 Å². The third-order valence-corrected chi connectivity index (χ3v) is 2.65. The number of carboxylic acids is 1. The summed E-state index contributed by atoms with van der Waals surface area (Å²) in [5, 5.41) is 8.87. The second-order valence-corrected chi connectivity index (χ2v) is 3.63. The largest absolute Gasteiger partial charge is 0.478 e. The molecule has 2 heterocycles. The van der Waals surface area contributed by atoms with Gasteiger partial charge in [-0.15, -0.1) is 0 Å². The van der Waals surface area contributed by atoms with Gasteiger partial charge < -0.3 is 9.67 Å². The van der Waals surface area contributed by atoms with E-state index in [9.17, 15) is 9.59 Å². The monoisotopic (exact) mass is 213 g/mol. The van der Waals surface area contributed by atoms with Crippen LogP contribution >= 0.6 is 11.6 Å². The summed E-state index contributed by atoms with van der Waals surface area (Å²) < 4.78 is 1.45. The zero-order valence-electron chi connectivity index (χ0n) is 7.29. The first-order chi connectivity index (χ1) is 6.61. The molecule has 0 atom stereocenters. The third kappa shape index (κ3) is 1.23. The number of carbonyl (C=O) groups is 1. The highest BCUT2D eigenvalue weighted by Crippen LogP contribution is 2.19. The Kier molecular flexibility index (Phi) is 2.07. The molecule has 0 fully saturated rings. The molecule has 0 bridgehead atoms. The van der Waals surface area contributed by atoms with Gasteiger partial charge in [0.15, 0.2) is 0 Å². The van der Waals surface area contributed by atoms with Crippen molar-refractivity contribution in [1.82, 2.24) is 4.57 Å². The van der Waals surface area contributed by atoms with Crippen LogP contribution in [0.5, 0.6) is 0 Å². The van der Waals surface area contributed by atoms with Crippen molar-refractivity contribution in [2.45, 2.75) is 19.4 Å². The predicted molar refractivity (Wildman–Crippen MR) is 51.0 cm³/mol. The van der Waals surface area contributed by atoms with Gasteiger partial charge in [0.1, 0.15) is 5.02 Å². The maximum Gasteiger partial charge on any atom is 0.337 e. The molecule has 0 saturated carbocycles. The molecule has 1 aromatic rings. The maximum atomic E-state index is 11.5. The van der Waals surface area contributed by atoms with Crippen molar-refractivity contribution in [1.29, 1.82) is 0 Å². The molecule has 0 aromatic carbocycles. The van der Waals surface area contributed by atoms with Crippen molar-refractivity contribution in [2.75, 3.05) is 0 Å². The van der Waals surface area contributed by atoms with Crippen molar-refractivity contribution in [3.63, 3.8) is 0 Å². The lowest BCUT2D eigenvalue weighted by Gasteiger charge is -2.06. The number of halogens is 1. The first-order valence-corrected chi connectivity index (χ1v) is 4.64. The lowest BCUT2D eigenvalue weighted by Crippen LogP contribution is -2.22. The fourth-order valence-corrected chi connectivity index (χ4v) is 1.98. The van der Waals surface area contributed by atoms with Gasteiger partial charge in [-0.1, -0.05) is 11.6 Å². The number of rotatable bonds is 1. The van der Waals surface area contributed by atoms with Gasteiger partial charge >= 0.3 is 5.97 Å². The SMILES string of the molecule is O=C(O)c1cc(Cl)c(=O)n2c1CCC2. The Morgan fingerprint density at radius 2 is 2.29 bits per heavy atom. The van der Waals surface area contributed by atoms with Crippen LogP contribution in [0.3, 0.4) is 0 Å². The normalized spacial score (nSPS) is 14.1. The number of aromatic carboxylic acids is 1. The van der Waals surface area contributed by atoms with Crippen LogP contribution in [-0.2, 0) is 13.0 Å². The van der Waals surface area contributed by atoms with E-state index >= 15 is 0 Å². The molecular formula is C9H8ClNO3. The van der Waals surface area contributed by atoms with E-state index in [4.69, 9.17) is 16.7 Å². The van der Waals surface area contributed by atoms with Crippen LogP contribution in [0.4, 0.5) is 0 Å². The van der Waals surface area contributed by atoms with Crippen molar-refractivity contribution in [3.8, 4) is 0 Å². The Morgan fingerprint density at radius 3 is 2.93 bits per heavy atom. The van der Waals surface area contributed by atoms with E-state index in [1.807, 2.05) is 0 Å². The molecule has 74 valence electrons. The topological polar surface area (TPSA) is 59.3 Å². The molecule has 1 aliphatic heterocycles. The van der Waals surface area contributed by atoms with Crippen LogP contribution < -0.4 is 5.56 Å². The summed E-state index contributed by atoms with van der Waals surface area (Å²) in [5.74, 6) is -1.03. The third-order valence-electron chi connectivity index (χ3n) is 2.38. The maximum absolute atomic E-state index is 11.5. The number of carboxylic acid groups (broad SMARTS) is 1. The van der Waals surface area contributed by atoms with Crippen molar-refractivity contribution in [2.24, 2.45) is 0 Å². The van der Waals surface area contributed by atoms with Gasteiger partial charge in [-0.3, -0.25) is 4.79 Å². The number of pyridine rings is 1. The summed E-state index contributed by atoms with van der Waals surface area (Å²) in [4.78, 5) is 22.3. The van der Waals surface area contributed by atoms with Crippen LogP contribution in [0.25, 0.3) is 0 Å². The van der Waals surface area contributed by atoms with E-state index in [-0.39, 0.29) is 16.1 Å². The summed E-state index contributed by atoms with van der Waals surface area (Å²) in [7, 11) is 0. The van der Waals surface area contributed by atoms with E-state index in [0.717, 1.165) is 6.42 Å². The molecule has 0 saturated heterocycles. The fourth-order valence-electron chi connectivity index (χ4n) is 1.76. The highest BCUT2D eigenvalue weighted by molar-refractivity contribution is 6.30. The minimum atomic E-state index is -1.03. The van der Waals surface area contributed by atoms with Gasteiger partial charge in [0, 0.05) is 12.2 Å². The van der Waals surface area contributed by atoms with E-state index < -0.39 is 5.97 Å². The van der Waals surface area contributed by atoms with Gasteiger partial charge in [-0.2, -0.15) is 0 Å². The smallest absolute Gasteiger partial charge is 0.337 e. The number of hydrogen-bond acceptors (Lipinski definition) is 2. The number of fused-ring (bicyclic) bond motifs is 1. The van der Waals surface area contributed by atoms with Crippen LogP contribution in [0.1, 0.15) is 22.5 Å². The van der Waals surface area contributed by atoms with Gasteiger partial charge in [-0.05, 0) is 18.9 Å². The Labute approximate surface area is 84.7 Å². The molecule has 0 aliphatic carbocycles. The molecule has 0 spiro atoms. The highest BCUT2D eigenvalue weighted by Gasteiger charge is 2.21. The lowest BCUT2D eigenvalue weighted by atomic mass is 10.1. The fraction of sp³-hybridized carbons (Fsp3) is 0.333. The average Bonchev–Trinajstić information content (AvgIpc) is 2.59. The van der Waals surface area contributed by atoms with Gasteiger partial charge in [0.05, 0.1) is 5.56 Å². The Bertz CT molecular complexity index is 464. The molecule has 1 N–H and O–H groups in total. The zero-order valence-corrected chi connectivity index (χ0v) is 8.04. The molecule has 2 rings (SSSR count). The van der Waals surface area contributed by atoms with Crippen molar-refractivity contribution < 1.29 is 9.90 Å². The Balaban J connectivity index is 2.76. The summed E-state index contributed by atoms with van der Waals surface area (Å²) in [6.07, 6.45) is 1.43.